The van der Waals surface area contributed by atoms with E-state index in [1.54, 1.807) is 24.2 Å². The van der Waals surface area contributed by atoms with Gasteiger partial charge in [0.1, 0.15) is 0 Å². The van der Waals surface area contributed by atoms with Gasteiger partial charge in [0.05, 0.1) is 0 Å². The van der Waals surface area contributed by atoms with Gasteiger partial charge in [-0.2, -0.15) is 6.08 Å². The van der Waals surface area contributed by atoms with E-state index in [0.29, 0.717) is 5.92 Å². The molecule has 0 fully saturated rings. The third kappa shape index (κ3) is 3.31. The fourth-order valence-corrected chi connectivity index (χ4v) is 3.36. The monoisotopic (exact) mass is 375 g/mol. The average Bonchev–Trinajstić information content (AvgIpc) is 3.08. The molecule has 0 saturated heterocycles. The zero-order valence-electron chi connectivity index (χ0n) is 14.0. The number of fused-ring (bicyclic) bond motifs is 3. The second-order valence-electron chi connectivity index (χ2n) is 6.29. The molecule has 0 atom stereocenters. The molecule has 0 amide bonds. The first-order valence-corrected chi connectivity index (χ1v) is 9.30. The summed E-state index contributed by atoms with van der Waals surface area (Å²) in [6.07, 6.45) is 6.79. The van der Waals surface area contributed by atoms with Crippen molar-refractivity contribution in [2.45, 2.75) is 33.1 Å². The maximum atomic E-state index is 3.55. The van der Waals surface area contributed by atoms with Gasteiger partial charge in [0.15, 0.2) is 0 Å². The summed E-state index contributed by atoms with van der Waals surface area (Å²) in [7, 11) is 0. The van der Waals surface area contributed by atoms with Gasteiger partial charge in [-0.05, 0) is 22.3 Å². The van der Waals surface area contributed by atoms with Gasteiger partial charge in [0, 0.05) is 5.92 Å². The number of hydrogen-bond donors (Lipinski definition) is 0. The minimum atomic E-state index is 0.381. The number of rotatable bonds is 1. The van der Waals surface area contributed by atoms with Crippen molar-refractivity contribution in [2.75, 3.05) is 0 Å². The van der Waals surface area contributed by atoms with E-state index in [0.717, 1.165) is 6.42 Å². The van der Waals surface area contributed by atoms with Crippen LogP contribution in [0.5, 0.6) is 0 Å². The van der Waals surface area contributed by atoms with E-state index in [4.69, 9.17) is 0 Å². The van der Waals surface area contributed by atoms with Crippen LogP contribution in [0.25, 0.3) is 11.1 Å². The standard InChI is InChI=1S/C19H15.C3H6.Zr/c1-13-7-6-12-14(13)19-17-10-4-2-8-15(17)16-9-3-5-11-18(16)19;1-3-2;/h2-5,7-11,19H,6H2,1H3;1-2H3;/q-1;;. The second-order valence-corrected chi connectivity index (χ2v) is 8.75. The molecular weight excluding hydrogens is 355 g/mol. The Balaban J connectivity index is 0.000000354. The minimum absolute atomic E-state index is 0.381. The van der Waals surface area contributed by atoms with Crippen LogP contribution in [-0.4, -0.2) is 3.21 Å². The first kappa shape index (κ1) is 16.5. The summed E-state index contributed by atoms with van der Waals surface area (Å²) in [5, 5.41) is 0. The molecule has 2 aromatic carbocycles. The molecule has 0 aliphatic heterocycles. The van der Waals surface area contributed by atoms with Crippen LogP contribution in [-0.2, 0) is 24.2 Å². The Labute approximate surface area is 154 Å². The van der Waals surface area contributed by atoms with Crippen molar-refractivity contribution in [1.29, 1.82) is 0 Å². The summed E-state index contributed by atoms with van der Waals surface area (Å²) in [5.41, 5.74) is 8.39. The van der Waals surface area contributed by atoms with Gasteiger partial charge in [-0.15, -0.1) is 13.3 Å². The van der Waals surface area contributed by atoms with E-state index in [-0.39, 0.29) is 0 Å². The Morgan fingerprint density at radius 1 is 0.957 bits per heavy atom. The predicted molar refractivity (Wildman–Crippen MR) is 95.2 cm³/mol. The van der Waals surface area contributed by atoms with Gasteiger partial charge in [-0.25, -0.2) is 11.1 Å². The zero-order valence-corrected chi connectivity index (χ0v) is 16.4. The van der Waals surface area contributed by atoms with E-state index >= 15 is 0 Å². The molecule has 2 aromatic rings. The van der Waals surface area contributed by atoms with Gasteiger partial charge in [0.25, 0.3) is 0 Å². The van der Waals surface area contributed by atoms with Crippen molar-refractivity contribution in [3.05, 3.63) is 83.0 Å². The van der Waals surface area contributed by atoms with Gasteiger partial charge in [0.2, 0.25) is 0 Å². The first-order valence-electron chi connectivity index (χ1n) is 8.07. The predicted octanol–water partition coefficient (Wildman–Crippen LogP) is 5.62. The molecule has 0 heterocycles. The molecule has 0 spiro atoms. The fraction of sp³-hybridized carbons (Fsp3) is 0.227. The van der Waals surface area contributed by atoms with Crippen LogP contribution in [0.15, 0.2) is 65.8 Å². The van der Waals surface area contributed by atoms with Crippen molar-refractivity contribution in [2.24, 2.45) is 0 Å². The van der Waals surface area contributed by atoms with Gasteiger partial charge in [-0.1, -0.05) is 48.5 Å². The van der Waals surface area contributed by atoms with E-state index in [1.807, 2.05) is 0 Å². The van der Waals surface area contributed by atoms with E-state index < -0.39 is 0 Å². The Morgan fingerprint density at radius 2 is 1.43 bits per heavy atom. The summed E-state index contributed by atoms with van der Waals surface area (Å²) in [5.74, 6) is 0.381. The van der Waals surface area contributed by atoms with Gasteiger partial charge < -0.3 is 0 Å². The molecule has 0 aromatic heterocycles. The number of allylic oxidation sites excluding steroid dienone is 4. The van der Waals surface area contributed by atoms with Crippen molar-refractivity contribution in [3.63, 3.8) is 0 Å². The molecule has 0 nitrogen and oxygen atoms in total. The molecule has 0 N–H and O–H groups in total. The quantitative estimate of drug-likeness (QED) is 0.566. The first-order chi connectivity index (χ1) is 11.1. The number of benzene rings is 2. The van der Waals surface area contributed by atoms with E-state index in [1.165, 1.54) is 36.6 Å². The molecule has 0 unspecified atom stereocenters. The third-order valence-corrected chi connectivity index (χ3v) is 4.25. The van der Waals surface area contributed by atoms with Crippen molar-refractivity contribution >= 4 is 3.21 Å². The van der Waals surface area contributed by atoms with Gasteiger partial charge >= 0.3 is 41.3 Å². The van der Waals surface area contributed by atoms with Crippen LogP contribution in [0, 0.1) is 6.08 Å². The molecule has 2 aliphatic carbocycles. The van der Waals surface area contributed by atoms with Crippen molar-refractivity contribution < 1.29 is 24.2 Å². The van der Waals surface area contributed by atoms with Crippen LogP contribution in [0.3, 0.4) is 0 Å². The zero-order chi connectivity index (χ0) is 16.4. The van der Waals surface area contributed by atoms with Crippen molar-refractivity contribution in [3.8, 4) is 11.1 Å². The summed E-state index contributed by atoms with van der Waals surface area (Å²) in [6, 6.07) is 17.6. The SMILES string of the molecule is CC1=CC[C-]=C1C1c2ccccc2-c2ccccc21.C[C](C)=[Zr]. The van der Waals surface area contributed by atoms with Crippen LogP contribution >= 0.6 is 0 Å². The molecular formula is C22H21Zr-. The molecule has 1 heteroatoms. The van der Waals surface area contributed by atoms with Crippen molar-refractivity contribution in [1.82, 2.24) is 0 Å². The molecule has 2 aliphatic rings. The summed E-state index contributed by atoms with van der Waals surface area (Å²) in [6.45, 7) is 6.45. The second kappa shape index (κ2) is 7.06. The third-order valence-electron chi connectivity index (χ3n) is 4.25. The molecule has 0 bridgehead atoms. The topological polar surface area (TPSA) is 0 Å². The Hall–Kier alpha value is -1.33. The normalized spacial score (nSPS) is 15.0. The molecule has 0 saturated carbocycles. The molecule has 23 heavy (non-hydrogen) atoms. The Morgan fingerprint density at radius 3 is 1.87 bits per heavy atom. The van der Waals surface area contributed by atoms with E-state index in [9.17, 15) is 0 Å². The summed E-state index contributed by atoms with van der Waals surface area (Å²) >= 11 is 1.55. The fourth-order valence-electron chi connectivity index (χ4n) is 3.36. The average molecular weight is 377 g/mol. The molecule has 114 valence electrons. The van der Waals surface area contributed by atoms with Crippen LogP contribution < -0.4 is 0 Å². The molecule has 0 radical (unpaired) electrons. The Bertz CT molecular complexity index is 759. The summed E-state index contributed by atoms with van der Waals surface area (Å²) in [4.78, 5) is 0. The van der Waals surface area contributed by atoms with Crippen LogP contribution in [0.2, 0.25) is 0 Å². The van der Waals surface area contributed by atoms with Gasteiger partial charge in [-0.3, -0.25) is 6.08 Å². The summed E-state index contributed by atoms with van der Waals surface area (Å²) < 4.78 is 1.51. The Kier molecular flexibility index (Phi) is 5.07. The van der Waals surface area contributed by atoms with Crippen LogP contribution in [0.4, 0.5) is 0 Å². The van der Waals surface area contributed by atoms with Crippen LogP contribution in [0.1, 0.15) is 44.2 Å². The van der Waals surface area contributed by atoms with E-state index in [2.05, 4.69) is 81.5 Å². The number of hydrogen-bond acceptors (Lipinski definition) is 0. The maximum absolute atomic E-state index is 3.55. The molecule has 4 rings (SSSR count).